The molecule has 0 bridgehead atoms. The Kier molecular flexibility index (Phi) is 5.82. The van der Waals surface area contributed by atoms with E-state index in [9.17, 15) is 4.39 Å². The predicted octanol–water partition coefficient (Wildman–Crippen LogP) is 4.31. The Hall–Kier alpha value is -1.33. The molecule has 21 heavy (non-hydrogen) atoms. The monoisotopic (exact) mass is 327 g/mol. The van der Waals surface area contributed by atoms with Gasteiger partial charge in [-0.3, -0.25) is 0 Å². The number of hydrogen-bond donors (Lipinski definition) is 1. The van der Waals surface area contributed by atoms with E-state index in [4.69, 9.17) is 0 Å². The molecule has 0 saturated carbocycles. The number of thiazole rings is 1. The van der Waals surface area contributed by atoms with Crippen molar-refractivity contribution in [3.05, 3.63) is 41.2 Å². The summed E-state index contributed by atoms with van der Waals surface area (Å²) < 4.78 is 12.8. The second-order valence-corrected chi connectivity index (χ2v) is 5.87. The van der Waals surface area contributed by atoms with Crippen molar-refractivity contribution in [2.75, 3.05) is 23.3 Å². The van der Waals surface area contributed by atoms with Crippen LogP contribution in [0.2, 0.25) is 0 Å². The van der Waals surface area contributed by atoms with Crippen LogP contribution in [-0.2, 0) is 6.54 Å². The van der Waals surface area contributed by atoms with Crippen LogP contribution in [0.15, 0.2) is 29.6 Å². The van der Waals surface area contributed by atoms with E-state index in [1.54, 1.807) is 23.5 Å². The fourth-order valence-electron chi connectivity index (χ4n) is 2.37. The molecular weight excluding hydrogens is 309 g/mol. The lowest BCUT2D eigenvalue weighted by Crippen LogP contribution is -2.29. The summed E-state index contributed by atoms with van der Waals surface area (Å²) in [5.74, 6) is -0.211. The van der Waals surface area contributed by atoms with E-state index in [2.05, 4.69) is 20.6 Å². The van der Waals surface area contributed by atoms with Crippen LogP contribution in [0.25, 0.3) is 0 Å². The van der Waals surface area contributed by atoms with E-state index in [1.807, 2.05) is 0 Å². The summed E-state index contributed by atoms with van der Waals surface area (Å²) in [6.45, 7) is 2.92. The van der Waals surface area contributed by atoms with Gasteiger partial charge in [-0.1, -0.05) is 0 Å². The molecule has 1 N–H and O–H groups in total. The maximum Gasteiger partial charge on any atom is 0.185 e. The molecular formula is C15H19ClFN3S. The Labute approximate surface area is 134 Å². The lowest BCUT2D eigenvalue weighted by atomic mass is 10.1. The molecule has 0 amide bonds. The number of anilines is 2. The summed E-state index contributed by atoms with van der Waals surface area (Å²) in [5.41, 5.74) is 1.96. The first-order valence-electron chi connectivity index (χ1n) is 7.00. The van der Waals surface area contributed by atoms with E-state index in [-0.39, 0.29) is 18.2 Å². The van der Waals surface area contributed by atoms with Crippen LogP contribution in [-0.4, -0.2) is 18.1 Å². The van der Waals surface area contributed by atoms with Gasteiger partial charge in [0.05, 0.1) is 12.2 Å². The molecule has 3 nitrogen and oxygen atoms in total. The van der Waals surface area contributed by atoms with Gasteiger partial charge in [-0.15, -0.1) is 23.7 Å². The molecule has 1 aliphatic heterocycles. The van der Waals surface area contributed by atoms with Crippen molar-refractivity contribution < 1.29 is 4.39 Å². The fraction of sp³-hybridized carbons (Fsp3) is 0.400. The molecule has 1 aromatic heterocycles. The summed E-state index contributed by atoms with van der Waals surface area (Å²) in [4.78, 5) is 7.05. The number of piperidine rings is 1. The molecule has 0 aliphatic carbocycles. The number of benzene rings is 1. The van der Waals surface area contributed by atoms with Crippen molar-refractivity contribution in [3.8, 4) is 0 Å². The highest BCUT2D eigenvalue weighted by Crippen LogP contribution is 2.24. The molecule has 0 radical (unpaired) electrons. The zero-order valence-electron chi connectivity index (χ0n) is 11.7. The van der Waals surface area contributed by atoms with E-state index >= 15 is 0 Å². The summed E-state index contributed by atoms with van der Waals surface area (Å²) in [6.07, 6.45) is 3.87. The standard InChI is InChI=1S/C15H18FN3S.ClH/c16-12-4-6-13(7-5-12)17-10-14-11-20-15(18-14)19-8-2-1-3-9-19;/h4-7,11,17H,1-3,8-10H2;1H. The minimum atomic E-state index is -0.211. The molecule has 0 unspecified atom stereocenters. The molecule has 0 atom stereocenters. The number of rotatable bonds is 4. The Morgan fingerprint density at radius 2 is 1.86 bits per heavy atom. The molecule has 1 fully saturated rings. The van der Waals surface area contributed by atoms with E-state index in [0.717, 1.165) is 29.6 Å². The molecule has 1 aromatic carbocycles. The normalized spacial score (nSPS) is 14.6. The van der Waals surface area contributed by atoms with Gasteiger partial charge in [0.25, 0.3) is 0 Å². The number of halogens is 2. The smallest absolute Gasteiger partial charge is 0.185 e. The van der Waals surface area contributed by atoms with E-state index in [0.29, 0.717) is 6.54 Å². The van der Waals surface area contributed by atoms with Crippen molar-refractivity contribution >= 4 is 34.6 Å². The fourth-order valence-corrected chi connectivity index (χ4v) is 3.25. The van der Waals surface area contributed by atoms with E-state index < -0.39 is 0 Å². The Morgan fingerprint density at radius 3 is 2.57 bits per heavy atom. The summed E-state index contributed by atoms with van der Waals surface area (Å²) in [6, 6.07) is 6.41. The second kappa shape index (κ2) is 7.61. The van der Waals surface area contributed by atoms with Gasteiger partial charge in [0.1, 0.15) is 5.82 Å². The molecule has 3 rings (SSSR count). The molecule has 6 heteroatoms. The maximum absolute atomic E-state index is 12.8. The highest BCUT2D eigenvalue weighted by atomic mass is 35.5. The minimum Gasteiger partial charge on any atom is -0.379 e. The summed E-state index contributed by atoms with van der Waals surface area (Å²) in [5, 5.41) is 6.49. The minimum absolute atomic E-state index is 0. The molecule has 1 aliphatic rings. The first-order chi connectivity index (χ1) is 9.81. The van der Waals surface area contributed by atoms with Crippen LogP contribution >= 0.6 is 23.7 Å². The highest BCUT2D eigenvalue weighted by molar-refractivity contribution is 7.13. The molecule has 2 heterocycles. The van der Waals surface area contributed by atoms with Gasteiger partial charge in [-0.25, -0.2) is 9.37 Å². The third-order valence-electron chi connectivity index (χ3n) is 3.48. The zero-order valence-corrected chi connectivity index (χ0v) is 13.4. The number of hydrogen-bond acceptors (Lipinski definition) is 4. The van der Waals surface area contributed by atoms with Gasteiger partial charge < -0.3 is 10.2 Å². The average Bonchev–Trinajstić information content (AvgIpc) is 2.97. The van der Waals surface area contributed by atoms with Gasteiger partial charge in [0.15, 0.2) is 5.13 Å². The Balaban J connectivity index is 0.00000161. The van der Waals surface area contributed by atoms with Crippen molar-refractivity contribution in [1.29, 1.82) is 0 Å². The Morgan fingerprint density at radius 1 is 1.14 bits per heavy atom. The quantitative estimate of drug-likeness (QED) is 0.907. The summed E-state index contributed by atoms with van der Waals surface area (Å²) >= 11 is 1.71. The van der Waals surface area contributed by atoms with E-state index in [1.165, 1.54) is 31.4 Å². The number of nitrogens with zero attached hydrogens (tertiary/aromatic N) is 2. The maximum atomic E-state index is 12.8. The van der Waals surface area contributed by atoms with Gasteiger partial charge in [0.2, 0.25) is 0 Å². The largest absolute Gasteiger partial charge is 0.379 e. The SMILES string of the molecule is Cl.Fc1ccc(NCc2csc(N3CCCCC3)n2)cc1. The highest BCUT2D eigenvalue weighted by Gasteiger charge is 2.14. The molecule has 2 aromatic rings. The average molecular weight is 328 g/mol. The van der Waals surface area contributed by atoms with Gasteiger partial charge in [0, 0.05) is 24.2 Å². The molecule has 114 valence electrons. The molecule has 0 spiro atoms. The van der Waals surface area contributed by atoms with Gasteiger partial charge in [-0.05, 0) is 43.5 Å². The van der Waals surface area contributed by atoms with Crippen LogP contribution in [0.3, 0.4) is 0 Å². The van der Waals surface area contributed by atoms with Crippen LogP contribution in [0, 0.1) is 5.82 Å². The summed E-state index contributed by atoms with van der Waals surface area (Å²) in [7, 11) is 0. The molecule has 1 saturated heterocycles. The first kappa shape index (κ1) is 16.0. The topological polar surface area (TPSA) is 28.2 Å². The first-order valence-corrected chi connectivity index (χ1v) is 7.88. The van der Waals surface area contributed by atoms with Crippen molar-refractivity contribution in [3.63, 3.8) is 0 Å². The Bertz CT molecular complexity index is 552. The van der Waals surface area contributed by atoms with Crippen molar-refractivity contribution in [2.24, 2.45) is 0 Å². The number of nitrogens with one attached hydrogen (secondary N) is 1. The predicted molar refractivity (Wildman–Crippen MR) is 89.2 cm³/mol. The lowest BCUT2D eigenvalue weighted by molar-refractivity contribution is 0.576. The van der Waals surface area contributed by atoms with Crippen LogP contribution in [0.4, 0.5) is 15.2 Å². The van der Waals surface area contributed by atoms with Gasteiger partial charge in [-0.2, -0.15) is 0 Å². The van der Waals surface area contributed by atoms with Crippen LogP contribution in [0.5, 0.6) is 0 Å². The van der Waals surface area contributed by atoms with Crippen LogP contribution < -0.4 is 10.2 Å². The van der Waals surface area contributed by atoms with Gasteiger partial charge >= 0.3 is 0 Å². The zero-order chi connectivity index (χ0) is 13.8. The van der Waals surface area contributed by atoms with Crippen LogP contribution in [0.1, 0.15) is 25.0 Å². The third-order valence-corrected chi connectivity index (χ3v) is 4.43. The third kappa shape index (κ3) is 4.32. The van der Waals surface area contributed by atoms with Crippen molar-refractivity contribution in [1.82, 2.24) is 4.98 Å². The van der Waals surface area contributed by atoms with Crippen molar-refractivity contribution in [2.45, 2.75) is 25.8 Å². The second-order valence-electron chi connectivity index (χ2n) is 5.03. The lowest BCUT2D eigenvalue weighted by Gasteiger charge is -2.25. The number of aromatic nitrogens is 1.